The first-order chi connectivity index (χ1) is 21.3. The number of rotatable bonds is 2. The molecule has 0 unspecified atom stereocenters. The van der Waals surface area contributed by atoms with E-state index >= 15 is 0 Å². The highest BCUT2D eigenvalue weighted by Crippen LogP contribution is 2.52. The van der Waals surface area contributed by atoms with E-state index in [1.165, 1.54) is 72.2 Å². The summed E-state index contributed by atoms with van der Waals surface area (Å²) in [6.45, 7) is 0. The Bertz CT molecular complexity index is 1630. The number of pyridine rings is 2. The largest absolute Gasteiger partial charge is 0.741 e. The van der Waals surface area contributed by atoms with E-state index in [1.807, 2.05) is 0 Å². The van der Waals surface area contributed by atoms with Gasteiger partial charge >= 0.3 is 11.9 Å². The Morgan fingerprint density at radius 2 is 1.02 bits per heavy atom. The lowest BCUT2D eigenvalue weighted by molar-refractivity contribution is -0.653. The fourth-order valence-corrected chi connectivity index (χ4v) is 7.76. The maximum Gasteiger partial charge on any atom is 0.553 e. The quantitative estimate of drug-likeness (QED) is 0.0913. The minimum atomic E-state index is -6.09. The van der Waals surface area contributed by atoms with Gasteiger partial charge in [0.25, 0.3) is 0 Å². The molecule has 2 bridgehead atoms. The number of alkyl halides is 6. The number of aromatic nitrogens is 2. The summed E-state index contributed by atoms with van der Waals surface area (Å²) in [6, 6.07) is 31.3. The summed E-state index contributed by atoms with van der Waals surface area (Å²) in [4.78, 5) is 0. The highest BCUT2D eigenvalue weighted by molar-refractivity contribution is 7.86. The van der Waals surface area contributed by atoms with Crippen molar-refractivity contribution in [3.8, 4) is 33.6 Å². The third-order valence-electron chi connectivity index (χ3n) is 9.31. The summed E-state index contributed by atoms with van der Waals surface area (Å²) < 4.78 is 63.6. The van der Waals surface area contributed by atoms with Crippen LogP contribution in [-0.4, -0.2) is 29.2 Å². The molecule has 0 N–H and O–H groups in total. The van der Waals surface area contributed by atoms with Gasteiger partial charge in [0.15, 0.2) is 14.4 Å². The second kappa shape index (κ2) is 13.6. The lowest BCUT2D eigenvalue weighted by atomic mass is 9.24. The molecule has 0 saturated carbocycles. The summed E-state index contributed by atoms with van der Waals surface area (Å²) >= 11 is 14.4. The number of hydrogen-bond donors (Lipinski definition) is 0. The van der Waals surface area contributed by atoms with Crippen molar-refractivity contribution in [2.45, 2.75) is 60.0 Å². The van der Waals surface area contributed by atoms with Gasteiger partial charge in [-0.15, -0.1) is 0 Å². The van der Waals surface area contributed by atoms with Gasteiger partial charge in [-0.25, -0.2) is 8.42 Å². The maximum absolute atomic E-state index is 10.7. The third kappa shape index (κ3) is 6.91. The second-order valence-electron chi connectivity index (χ2n) is 11.6. The molecule has 4 aromatic rings. The summed E-state index contributed by atoms with van der Waals surface area (Å²) in [6.07, 6.45) is 12.3. The molecular weight excluding hydrogens is 667 g/mol. The molecule has 0 radical (unpaired) electrons. The molecule has 5 nitrogen and oxygen atoms in total. The Morgan fingerprint density at radius 3 is 1.33 bits per heavy atom. The van der Waals surface area contributed by atoms with Gasteiger partial charge in [-0.2, -0.15) is 13.2 Å². The Hall–Kier alpha value is -2.63. The van der Waals surface area contributed by atoms with Gasteiger partial charge in [-0.05, 0) is 33.9 Å². The molecular formula is C32H31BCl3F3N2O3S. The van der Waals surface area contributed by atoms with Crippen molar-refractivity contribution >= 4 is 51.3 Å². The van der Waals surface area contributed by atoms with Crippen molar-refractivity contribution in [1.82, 2.24) is 0 Å². The Morgan fingerprint density at radius 1 is 0.689 bits per heavy atom. The highest BCUT2D eigenvalue weighted by atomic mass is 35.6. The molecule has 2 fully saturated rings. The summed E-state index contributed by atoms with van der Waals surface area (Å²) in [5, 5.41) is 0. The third-order valence-corrected chi connectivity index (χ3v) is 9.88. The van der Waals surface area contributed by atoms with Crippen molar-refractivity contribution in [2.24, 2.45) is 0 Å². The Labute approximate surface area is 276 Å². The number of nitrogens with zero attached hydrogens (tertiary/aromatic N) is 2. The molecule has 13 heteroatoms. The fraction of sp³-hybridized carbons (Fsp3) is 0.312. The van der Waals surface area contributed by atoms with E-state index in [-0.39, 0.29) is 0 Å². The van der Waals surface area contributed by atoms with Gasteiger partial charge in [0.1, 0.15) is 12.4 Å². The Kier molecular flexibility index (Phi) is 10.2. The van der Waals surface area contributed by atoms with Crippen molar-refractivity contribution in [3.63, 3.8) is 0 Å². The zero-order chi connectivity index (χ0) is 32.4. The topological polar surface area (TPSA) is 65.0 Å². The van der Waals surface area contributed by atoms with Gasteiger partial charge in [0.05, 0.1) is 0 Å². The molecule has 238 valence electrons. The number of benzene rings is 2. The van der Waals surface area contributed by atoms with E-state index in [4.69, 9.17) is 47.8 Å². The van der Waals surface area contributed by atoms with Gasteiger partial charge in [0, 0.05) is 24.3 Å². The first-order valence-electron chi connectivity index (χ1n) is 14.7. The number of fused-ring (bicyclic) bond motifs is 3. The molecule has 0 atom stereocenters. The van der Waals surface area contributed by atoms with E-state index in [1.54, 1.807) is 0 Å². The van der Waals surface area contributed by atoms with E-state index < -0.39 is 26.3 Å². The molecule has 3 aliphatic rings. The monoisotopic (exact) mass is 696 g/mol. The van der Waals surface area contributed by atoms with Crippen LogP contribution in [-0.2, 0) is 10.1 Å². The van der Waals surface area contributed by atoms with Crippen LogP contribution in [0.1, 0.15) is 38.5 Å². The van der Waals surface area contributed by atoms with Gasteiger partial charge in [-0.3, -0.25) is 0 Å². The fourth-order valence-electron chi connectivity index (χ4n) is 7.76. The van der Waals surface area contributed by atoms with E-state index in [9.17, 15) is 13.2 Å². The number of halogens is 6. The first-order valence-corrected chi connectivity index (χ1v) is 17.4. The molecule has 5 heterocycles. The minimum Gasteiger partial charge on any atom is -0.741 e. The molecule has 7 rings (SSSR count). The molecule has 1 spiro atoms. The van der Waals surface area contributed by atoms with Crippen LogP contribution in [0.5, 0.6) is 0 Å². The van der Waals surface area contributed by atoms with Crippen LogP contribution < -0.4 is 8.96 Å². The van der Waals surface area contributed by atoms with E-state index in [0.29, 0.717) is 0 Å². The molecule has 2 aromatic carbocycles. The van der Waals surface area contributed by atoms with Crippen LogP contribution in [0, 0.1) is 0 Å². The van der Waals surface area contributed by atoms with Crippen molar-refractivity contribution in [1.29, 1.82) is 0 Å². The first kappa shape index (κ1) is 33.7. The van der Waals surface area contributed by atoms with Crippen LogP contribution in [0.4, 0.5) is 13.2 Å². The van der Waals surface area contributed by atoms with Gasteiger partial charge in [0.2, 0.25) is 11.4 Å². The van der Waals surface area contributed by atoms with Crippen LogP contribution in [0.2, 0.25) is 11.6 Å². The molecule has 2 saturated heterocycles. The average Bonchev–Trinajstić information content (AvgIpc) is 3.26. The smallest absolute Gasteiger partial charge is 0.553 e. The van der Waals surface area contributed by atoms with E-state index in [0.717, 1.165) is 11.6 Å². The van der Waals surface area contributed by atoms with Crippen LogP contribution in [0.15, 0.2) is 97.3 Å². The average molecular weight is 698 g/mol. The molecule has 2 aromatic heterocycles. The highest BCUT2D eigenvalue weighted by Gasteiger charge is 2.68. The minimum absolute atomic E-state index is 0.750. The lowest BCUT2D eigenvalue weighted by Crippen LogP contribution is -2.83. The van der Waals surface area contributed by atoms with Crippen molar-refractivity contribution in [2.75, 3.05) is 0 Å². The summed E-state index contributed by atoms with van der Waals surface area (Å²) in [5.41, 5.74) is 2.36. The van der Waals surface area contributed by atoms with Crippen LogP contribution in [0.3, 0.4) is 0 Å². The molecule has 3 aliphatic heterocycles. The maximum atomic E-state index is 10.7. The molecule has 45 heavy (non-hydrogen) atoms. The lowest BCUT2D eigenvalue weighted by Gasteiger charge is -2.45. The summed E-state index contributed by atoms with van der Waals surface area (Å²) in [7, 11) is -6.09. The Balaban J connectivity index is 0.000000287. The van der Waals surface area contributed by atoms with E-state index in [2.05, 4.69) is 106 Å². The predicted octanol–water partition coefficient (Wildman–Crippen LogP) is 8.56. The van der Waals surface area contributed by atoms with Crippen molar-refractivity contribution in [3.05, 3.63) is 97.3 Å². The zero-order valence-electron chi connectivity index (χ0n) is 24.1. The second-order valence-corrected chi connectivity index (χ2v) is 14.9. The van der Waals surface area contributed by atoms with Gasteiger partial charge < -0.3 is 13.5 Å². The van der Waals surface area contributed by atoms with Crippen molar-refractivity contribution < 1.29 is 35.1 Å². The standard InChI is InChI=1S/C30H30BN2.CHCl3.CHF3O3S/c1-3-9-23(10-4-1)25-17-19-32-29(21-25)30-22-26(24-11-5-2-6-12-24)18-20-33(30)31(32)27-13-7-14-28(31)16-8-15-27;2-1(3)4;2-1(3,4)8(5,6)7/h1-6,9-12,17-22,27-28H,7-8,13-16H2;1H;(H,5,6,7)/q+1;;/p-1. The van der Waals surface area contributed by atoms with Crippen LogP contribution in [0.25, 0.3) is 33.6 Å². The van der Waals surface area contributed by atoms with Crippen LogP contribution >= 0.6 is 34.8 Å². The normalized spacial score (nSPS) is 19.5. The van der Waals surface area contributed by atoms with Gasteiger partial charge in [-0.1, -0.05) is 134 Å². The SMILES string of the molecule is ClC(Cl)Cl.O=S(=O)([O-])C(F)(F)F.c1ccc(-c2cc[n+]3c(c2)-c2cc(-c4ccccc4)cc[n+]2[B-]32C3CCCC2CCC3)cc1. The predicted molar refractivity (Wildman–Crippen MR) is 172 cm³/mol. The molecule has 0 aliphatic carbocycles. The summed E-state index contributed by atoms with van der Waals surface area (Å²) in [5.74, 6) is 1.55. The number of hydrogen-bond acceptors (Lipinski definition) is 3. The molecule has 0 amide bonds. The zero-order valence-corrected chi connectivity index (χ0v) is 27.2.